The van der Waals surface area contributed by atoms with E-state index in [1.165, 1.54) is 11.1 Å². The molecule has 1 aliphatic heterocycles. The number of rotatable bonds is 4. The average Bonchev–Trinajstić information content (AvgIpc) is 2.67. The summed E-state index contributed by atoms with van der Waals surface area (Å²) < 4.78 is 37.9. The quantitative estimate of drug-likeness (QED) is 0.848. The van der Waals surface area contributed by atoms with Gasteiger partial charge in [-0.05, 0) is 56.2 Å². The molecule has 1 amide bonds. The number of amides is 1. The van der Waals surface area contributed by atoms with Gasteiger partial charge < -0.3 is 9.88 Å². The number of aryl methyl sites for hydroxylation is 2. The summed E-state index contributed by atoms with van der Waals surface area (Å²) in [6.07, 6.45) is -0.966. The summed E-state index contributed by atoms with van der Waals surface area (Å²) in [5.41, 5.74) is 0.130. The number of nitrogens with one attached hydrogen (secondary N) is 1. The van der Waals surface area contributed by atoms with Gasteiger partial charge in [0.2, 0.25) is 0 Å². The number of pyridine rings is 1. The zero-order valence-electron chi connectivity index (χ0n) is 15.7. The van der Waals surface area contributed by atoms with Crippen molar-refractivity contribution in [2.24, 2.45) is 5.92 Å². The number of aromatic nitrogens is 1. The minimum Gasteiger partial charge on any atom is -0.338 e. The number of aromatic amines is 1. The molecule has 28 heavy (non-hydrogen) atoms. The van der Waals surface area contributed by atoms with Crippen molar-refractivity contribution in [2.45, 2.75) is 38.8 Å². The SMILES string of the molecule is Cc1ccc(CCC2CCN(C(=O)c3ccc(C(F)(F)F)[nH]c3=O)CC2)cc1. The summed E-state index contributed by atoms with van der Waals surface area (Å²) in [6.45, 7) is 3.08. The van der Waals surface area contributed by atoms with Gasteiger partial charge in [-0.1, -0.05) is 29.8 Å². The van der Waals surface area contributed by atoms with Gasteiger partial charge in [0, 0.05) is 13.1 Å². The molecule has 0 bridgehead atoms. The van der Waals surface area contributed by atoms with Crippen LogP contribution in [-0.4, -0.2) is 28.9 Å². The number of carbonyl (C=O) groups excluding carboxylic acids is 1. The maximum Gasteiger partial charge on any atom is 0.431 e. The lowest BCUT2D eigenvalue weighted by Crippen LogP contribution is -2.40. The van der Waals surface area contributed by atoms with Gasteiger partial charge in [0.25, 0.3) is 11.5 Å². The van der Waals surface area contributed by atoms with Crippen LogP contribution < -0.4 is 5.56 Å². The second-order valence-corrected chi connectivity index (χ2v) is 7.37. The number of nitrogens with zero attached hydrogens (tertiary/aromatic N) is 1. The van der Waals surface area contributed by atoms with Crippen LogP contribution in [0.1, 0.15) is 46.4 Å². The van der Waals surface area contributed by atoms with Crippen LogP contribution >= 0.6 is 0 Å². The molecule has 0 atom stereocenters. The third-order valence-electron chi connectivity index (χ3n) is 5.31. The van der Waals surface area contributed by atoms with Crippen LogP contribution in [0.5, 0.6) is 0 Å². The highest BCUT2D eigenvalue weighted by Crippen LogP contribution is 2.27. The molecule has 1 fully saturated rings. The van der Waals surface area contributed by atoms with Crippen LogP contribution in [0.3, 0.4) is 0 Å². The molecule has 0 unspecified atom stereocenters. The van der Waals surface area contributed by atoms with Crippen molar-refractivity contribution in [1.29, 1.82) is 0 Å². The first-order chi connectivity index (χ1) is 13.2. The number of piperidine rings is 1. The maximum absolute atomic E-state index is 12.6. The van der Waals surface area contributed by atoms with Gasteiger partial charge in [-0.25, -0.2) is 0 Å². The van der Waals surface area contributed by atoms with E-state index in [9.17, 15) is 22.8 Å². The Hall–Kier alpha value is -2.57. The molecule has 1 aromatic heterocycles. The lowest BCUT2D eigenvalue weighted by Gasteiger charge is -2.32. The van der Waals surface area contributed by atoms with E-state index >= 15 is 0 Å². The van der Waals surface area contributed by atoms with Crippen LogP contribution in [0, 0.1) is 12.8 Å². The summed E-state index contributed by atoms with van der Waals surface area (Å²) in [7, 11) is 0. The Balaban J connectivity index is 1.55. The molecule has 3 rings (SSSR count). The predicted octanol–water partition coefficient (Wildman–Crippen LogP) is 4.19. The van der Waals surface area contributed by atoms with E-state index in [0.29, 0.717) is 19.0 Å². The fourth-order valence-corrected chi connectivity index (χ4v) is 3.53. The molecule has 2 heterocycles. The largest absolute Gasteiger partial charge is 0.431 e. The zero-order valence-corrected chi connectivity index (χ0v) is 15.7. The third-order valence-corrected chi connectivity index (χ3v) is 5.31. The van der Waals surface area contributed by atoms with Gasteiger partial charge in [-0.15, -0.1) is 0 Å². The summed E-state index contributed by atoms with van der Waals surface area (Å²) in [4.78, 5) is 27.8. The van der Waals surface area contributed by atoms with Crippen LogP contribution in [0.2, 0.25) is 0 Å². The molecule has 0 saturated carbocycles. The highest BCUT2D eigenvalue weighted by molar-refractivity contribution is 5.93. The molecule has 1 aromatic carbocycles. The van der Waals surface area contributed by atoms with E-state index in [1.807, 2.05) is 0 Å². The monoisotopic (exact) mass is 392 g/mol. The first kappa shape index (κ1) is 20.2. The van der Waals surface area contributed by atoms with E-state index in [1.54, 1.807) is 9.88 Å². The Labute approximate surface area is 161 Å². The number of H-pyrrole nitrogens is 1. The Kier molecular flexibility index (Phi) is 5.91. The summed E-state index contributed by atoms with van der Waals surface area (Å²) in [5, 5.41) is 0. The maximum atomic E-state index is 12.6. The van der Waals surface area contributed by atoms with E-state index in [0.717, 1.165) is 37.8 Å². The summed E-state index contributed by atoms with van der Waals surface area (Å²) >= 11 is 0. The predicted molar refractivity (Wildman–Crippen MR) is 100 cm³/mol. The molecule has 1 aliphatic rings. The normalized spacial score (nSPS) is 15.6. The van der Waals surface area contributed by atoms with E-state index in [-0.39, 0.29) is 5.56 Å². The van der Waals surface area contributed by atoms with Crippen molar-refractivity contribution < 1.29 is 18.0 Å². The first-order valence-corrected chi connectivity index (χ1v) is 9.39. The Morgan fingerprint density at radius 1 is 1.11 bits per heavy atom. The Morgan fingerprint density at radius 3 is 2.32 bits per heavy atom. The molecule has 2 aromatic rings. The van der Waals surface area contributed by atoms with Crippen LogP contribution in [0.15, 0.2) is 41.2 Å². The number of alkyl halides is 3. The number of halogens is 3. The van der Waals surface area contributed by atoms with Crippen molar-refractivity contribution in [2.75, 3.05) is 13.1 Å². The lowest BCUT2D eigenvalue weighted by atomic mass is 9.90. The van der Waals surface area contributed by atoms with Gasteiger partial charge in [0.05, 0.1) is 0 Å². The molecule has 4 nitrogen and oxygen atoms in total. The number of likely N-dealkylation sites (tertiary alicyclic amines) is 1. The third kappa shape index (κ3) is 4.82. The summed E-state index contributed by atoms with van der Waals surface area (Å²) in [6, 6.07) is 10.2. The van der Waals surface area contributed by atoms with Gasteiger partial charge in [0.15, 0.2) is 0 Å². The summed E-state index contributed by atoms with van der Waals surface area (Å²) in [5.74, 6) is -0.0109. The fourth-order valence-electron chi connectivity index (χ4n) is 3.53. The van der Waals surface area contributed by atoms with Gasteiger partial charge in [-0.2, -0.15) is 13.2 Å². The minimum absolute atomic E-state index is 0.244. The molecular formula is C21H23F3N2O2. The Bertz CT molecular complexity index is 880. The molecule has 150 valence electrons. The average molecular weight is 392 g/mol. The zero-order chi connectivity index (χ0) is 20.3. The topological polar surface area (TPSA) is 53.2 Å². The number of hydrogen-bond donors (Lipinski definition) is 1. The standard InChI is InChI=1S/C21H23F3N2O2/c1-14-2-4-15(5-3-14)6-7-16-10-12-26(13-11-16)20(28)17-8-9-18(21(22,23)24)25-19(17)27/h2-5,8-9,16H,6-7,10-13H2,1H3,(H,25,27). The van der Waals surface area contributed by atoms with Crippen LogP contribution in [0.25, 0.3) is 0 Å². The minimum atomic E-state index is -4.64. The smallest absolute Gasteiger partial charge is 0.338 e. The number of hydrogen-bond acceptors (Lipinski definition) is 2. The molecule has 7 heteroatoms. The van der Waals surface area contributed by atoms with E-state index in [2.05, 4.69) is 31.2 Å². The fraction of sp³-hybridized carbons (Fsp3) is 0.429. The van der Waals surface area contributed by atoms with Crippen molar-refractivity contribution in [3.05, 3.63) is 69.1 Å². The molecule has 0 radical (unpaired) electrons. The van der Waals surface area contributed by atoms with Gasteiger partial charge in [0.1, 0.15) is 11.3 Å². The van der Waals surface area contributed by atoms with Crippen LogP contribution in [-0.2, 0) is 12.6 Å². The van der Waals surface area contributed by atoms with E-state index in [4.69, 9.17) is 0 Å². The van der Waals surface area contributed by atoms with Crippen molar-refractivity contribution in [3.8, 4) is 0 Å². The van der Waals surface area contributed by atoms with Crippen molar-refractivity contribution >= 4 is 5.91 Å². The second-order valence-electron chi connectivity index (χ2n) is 7.37. The molecule has 1 N–H and O–H groups in total. The van der Waals surface area contributed by atoms with Gasteiger partial charge >= 0.3 is 6.18 Å². The number of benzene rings is 1. The first-order valence-electron chi connectivity index (χ1n) is 9.39. The van der Waals surface area contributed by atoms with Gasteiger partial charge in [-0.3, -0.25) is 9.59 Å². The molecule has 0 aliphatic carbocycles. The molecule has 0 spiro atoms. The van der Waals surface area contributed by atoms with E-state index < -0.39 is 23.3 Å². The Morgan fingerprint density at radius 2 is 1.75 bits per heavy atom. The second kappa shape index (κ2) is 8.20. The van der Waals surface area contributed by atoms with Crippen LogP contribution in [0.4, 0.5) is 13.2 Å². The molecular weight excluding hydrogens is 369 g/mol. The highest BCUT2D eigenvalue weighted by Gasteiger charge is 2.33. The van der Waals surface area contributed by atoms with Crippen molar-refractivity contribution in [3.63, 3.8) is 0 Å². The number of carbonyl (C=O) groups is 1. The van der Waals surface area contributed by atoms with Crippen molar-refractivity contribution in [1.82, 2.24) is 9.88 Å². The lowest BCUT2D eigenvalue weighted by molar-refractivity contribution is -0.141. The molecule has 1 saturated heterocycles. The highest BCUT2D eigenvalue weighted by atomic mass is 19.4.